The van der Waals surface area contributed by atoms with Gasteiger partial charge in [0.15, 0.2) is 6.10 Å². The maximum absolute atomic E-state index is 14.5. The molecule has 0 spiro atoms. The van der Waals surface area contributed by atoms with Crippen molar-refractivity contribution in [1.82, 2.24) is 10.2 Å². The molecule has 114 valence electrons. The van der Waals surface area contributed by atoms with E-state index in [1.165, 1.54) is 0 Å². The minimum Gasteiger partial charge on any atom is -0.394 e. The SMILES string of the molecule is O=C1NC(O)CCN1[C@@H]1O[C@H](CO)[C@@H](O)[C@]1(F)[N+](=O)[O-]. The third-order valence-corrected chi connectivity index (χ3v) is 3.35. The van der Waals surface area contributed by atoms with E-state index in [2.05, 4.69) is 5.32 Å². The number of hydrogen-bond acceptors (Lipinski definition) is 7. The molecule has 2 heterocycles. The van der Waals surface area contributed by atoms with E-state index in [9.17, 15) is 29.5 Å². The minimum atomic E-state index is -3.45. The molecule has 2 aliphatic rings. The van der Waals surface area contributed by atoms with Crippen LogP contribution in [0.3, 0.4) is 0 Å². The first-order valence-electron chi connectivity index (χ1n) is 5.85. The Hall–Kier alpha value is -1.56. The molecule has 0 saturated carbocycles. The quantitative estimate of drug-likeness (QED) is 0.261. The number of urea groups is 1. The first kappa shape index (κ1) is 14.8. The Labute approximate surface area is 111 Å². The van der Waals surface area contributed by atoms with Gasteiger partial charge in [0.1, 0.15) is 12.3 Å². The summed E-state index contributed by atoms with van der Waals surface area (Å²) >= 11 is 0. The monoisotopic (exact) mass is 295 g/mol. The predicted molar refractivity (Wildman–Crippen MR) is 58.4 cm³/mol. The zero-order valence-corrected chi connectivity index (χ0v) is 10.2. The van der Waals surface area contributed by atoms with Gasteiger partial charge in [-0.1, -0.05) is 0 Å². The molecule has 2 saturated heterocycles. The topological polar surface area (TPSA) is 145 Å². The summed E-state index contributed by atoms with van der Waals surface area (Å²) in [7, 11) is 0. The van der Waals surface area contributed by atoms with Gasteiger partial charge in [-0.2, -0.15) is 4.39 Å². The molecule has 11 heteroatoms. The molecule has 2 aliphatic heterocycles. The second-order valence-electron chi connectivity index (χ2n) is 4.59. The van der Waals surface area contributed by atoms with E-state index < -0.39 is 48.0 Å². The number of amides is 2. The van der Waals surface area contributed by atoms with Crippen LogP contribution in [-0.4, -0.2) is 74.8 Å². The summed E-state index contributed by atoms with van der Waals surface area (Å²) < 4.78 is 19.4. The molecule has 1 unspecified atom stereocenters. The largest absolute Gasteiger partial charge is 0.430 e. The van der Waals surface area contributed by atoms with E-state index in [1.54, 1.807) is 0 Å². The highest BCUT2D eigenvalue weighted by molar-refractivity contribution is 5.75. The first-order valence-corrected chi connectivity index (χ1v) is 5.85. The lowest BCUT2D eigenvalue weighted by Crippen LogP contribution is -2.63. The number of halogens is 1. The maximum Gasteiger partial charge on any atom is 0.430 e. The number of alkyl halides is 1. The number of rotatable bonds is 3. The lowest BCUT2D eigenvalue weighted by molar-refractivity contribution is -0.626. The van der Waals surface area contributed by atoms with Crippen molar-refractivity contribution < 1.29 is 34.2 Å². The van der Waals surface area contributed by atoms with E-state index in [0.29, 0.717) is 4.90 Å². The van der Waals surface area contributed by atoms with Gasteiger partial charge in [-0.3, -0.25) is 15.0 Å². The molecular weight excluding hydrogens is 281 g/mol. The van der Waals surface area contributed by atoms with Crippen LogP contribution in [-0.2, 0) is 4.74 Å². The van der Waals surface area contributed by atoms with Crippen molar-refractivity contribution in [3.63, 3.8) is 0 Å². The van der Waals surface area contributed by atoms with Crippen LogP contribution in [0.15, 0.2) is 0 Å². The Balaban J connectivity index is 2.29. The van der Waals surface area contributed by atoms with Crippen molar-refractivity contribution in [3.8, 4) is 0 Å². The second kappa shape index (κ2) is 5.09. The third kappa shape index (κ3) is 2.08. The molecule has 4 N–H and O–H groups in total. The standard InChI is InChI=1S/C9H14FN3O7/c10-9(13(18)19)6(16)4(3-14)20-7(9)12-2-1-5(15)11-8(12)17/h4-7,14-16H,1-3H2,(H,11,17)/t4-,5?,6-,7-,9+/m1/s1. The highest BCUT2D eigenvalue weighted by Gasteiger charge is 2.70. The van der Waals surface area contributed by atoms with Crippen molar-refractivity contribution >= 4 is 6.03 Å². The van der Waals surface area contributed by atoms with Gasteiger partial charge in [-0.25, -0.2) is 4.79 Å². The molecule has 5 atom stereocenters. The molecule has 0 aromatic heterocycles. The fourth-order valence-electron chi connectivity index (χ4n) is 2.26. The predicted octanol–water partition coefficient (Wildman–Crippen LogP) is -2.26. The van der Waals surface area contributed by atoms with Crippen molar-refractivity contribution in [2.24, 2.45) is 0 Å². The number of ether oxygens (including phenoxy) is 1. The van der Waals surface area contributed by atoms with E-state index >= 15 is 0 Å². The second-order valence-corrected chi connectivity index (χ2v) is 4.59. The number of nitrogens with zero attached hydrogens (tertiary/aromatic N) is 2. The van der Waals surface area contributed by atoms with Gasteiger partial charge < -0.3 is 25.4 Å². The summed E-state index contributed by atoms with van der Waals surface area (Å²) in [6.07, 6.45) is -6.85. The lowest BCUT2D eigenvalue weighted by Gasteiger charge is -2.35. The number of carbonyl (C=O) groups excluding carboxylic acids is 1. The molecule has 0 radical (unpaired) electrons. The molecule has 2 fully saturated rings. The average Bonchev–Trinajstić information content (AvgIpc) is 2.64. The zero-order valence-electron chi connectivity index (χ0n) is 10.2. The molecule has 0 aliphatic carbocycles. The van der Waals surface area contributed by atoms with Crippen LogP contribution in [0.1, 0.15) is 6.42 Å². The highest BCUT2D eigenvalue weighted by atomic mass is 19.1. The first-order chi connectivity index (χ1) is 9.32. The number of aliphatic hydroxyl groups is 3. The molecule has 0 aromatic carbocycles. The van der Waals surface area contributed by atoms with E-state index in [1.807, 2.05) is 0 Å². The van der Waals surface area contributed by atoms with Crippen LogP contribution < -0.4 is 5.32 Å². The summed E-state index contributed by atoms with van der Waals surface area (Å²) in [5.41, 5.74) is 0. The van der Waals surface area contributed by atoms with Crippen LogP contribution in [0.5, 0.6) is 0 Å². The fourth-order valence-corrected chi connectivity index (χ4v) is 2.26. The van der Waals surface area contributed by atoms with Crippen molar-refractivity contribution in [2.45, 2.75) is 36.9 Å². The molecular formula is C9H14FN3O7. The van der Waals surface area contributed by atoms with Crippen molar-refractivity contribution in [2.75, 3.05) is 13.2 Å². The van der Waals surface area contributed by atoms with Gasteiger partial charge >= 0.3 is 11.8 Å². The van der Waals surface area contributed by atoms with Crippen molar-refractivity contribution in [3.05, 3.63) is 10.1 Å². The molecule has 0 bridgehead atoms. The van der Waals surface area contributed by atoms with Crippen LogP contribution >= 0.6 is 0 Å². The lowest BCUT2D eigenvalue weighted by atomic mass is 10.1. The Morgan fingerprint density at radius 2 is 2.25 bits per heavy atom. The van der Waals surface area contributed by atoms with Gasteiger partial charge in [0.2, 0.25) is 6.23 Å². The van der Waals surface area contributed by atoms with Gasteiger partial charge in [-0.05, 0) is 0 Å². The van der Waals surface area contributed by atoms with Crippen LogP contribution in [0.4, 0.5) is 9.18 Å². The number of aliphatic hydroxyl groups excluding tert-OH is 3. The van der Waals surface area contributed by atoms with E-state index in [0.717, 1.165) is 0 Å². The Morgan fingerprint density at radius 3 is 2.75 bits per heavy atom. The summed E-state index contributed by atoms with van der Waals surface area (Å²) in [4.78, 5) is 21.9. The Kier molecular flexibility index (Phi) is 3.77. The summed E-state index contributed by atoms with van der Waals surface area (Å²) in [6, 6.07) is -0.955. The van der Waals surface area contributed by atoms with Gasteiger partial charge in [0.25, 0.3) is 0 Å². The maximum atomic E-state index is 14.5. The smallest absolute Gasteiger partial charge is 0.394 e. The molecule has 20 heavy (non-hydrogen) atoms. The Bertz CT molecular complexity index is 424. The van der Waals surface area contributed by atoms with Crippen molar-refractivity contribution in [1.29, 1.82) is 0 Å². The minimum absolute atomic E-state index is 0.0132. The third-order valence-electron chi connectivity index (χ3n) is 3.35. The molecule has 2 rings (SSSR count). The molecule has 0 aromatic rings. The number of nitrogens with one attached hydrogen (secondary N) is 1. The summed E-state index contributed by atoms with van der Waals surface area (Å²) in [5, 5.41) is 40.7. The van der Waals surface area contributed by atoms with Gasteiger partial charge in [-0.15, -0.1) is 0 Å². The normalized spacial score (nSPS) is 41.6. The van der Waals surface area contributed by atoms with E-state index in [-0.39, 0.29) is 13.0 Å². The van der Waals surface area contributed by atoms with Crippen LogP contribution in [0, 0.1) is 10.1 Å². The van der Waals surface area contributed by atoms with Gasteiger partial charge in [0, 0.05) is 13.0 Å². The van der Waals surface area contributed by atoms with E-state index in [4.69, 9.17) is 9.84 Å². The zero-order chi connectivity index (χ0) is 15.1. The molecule has 2 amide bonds. The number of hydrogen-bond donors (Lipinski definition) is 4. The summed E-state index contributed by atoms with van der Waals surface area (Å²) in [5.74, 6) is -3.45. The van der Waals surface area contributed by atoms with Crippen LogP contribution in [0.2, 0.25) is 0 Å². The molecule has 10 nitrogen and oxygen atoms in total. The Morgan fingerprint density at radius 1 is 1.60 bits per heavy atom. The fraction of sp³-hybridized carbons (Fsp3) is 0.889. The highest BCUT2D eigenvalue weighted by Crippen LogP contribution is 2.37. The van der Waals surface area contributed by atoms with Gasteiger partial charge in [0.05, 0.1) is 11.5 Å². The number of nitro groups is 1. The summed E-state index contributed by atoms with van der Waals surface area (Å²) in [6.45, 7) is -1.03. The number of carbonyl (C=O) groups is 1. The average molecular weight is 295 g/mol. The van der Waals surface area contributed by atoms with Crippen LogP contribution in [0.25, 0.3) is 0 Å².